The molecule has 1 unspecified atom stereocenters. The second-order valence-corrected chi connectivity index (χ2v) is 7.04. The lowest BCUT2D eigenvalue weighted by Gasteiger charge is -2.43. The van der Waals surface area contributed by atoms with E-state index in [1.807, 2.05) is 0 Å². The number of nitrogens with zero attached hydrogens (tertiary/aromatic N) is 1. The third kappa shape index (κ3) is 4.97. The van der Waals surface area contributed by atoms with E-state index >= 15 is 0 Å². The molecule has 1 saturated carbocycles. The lowest BCUT2D eigenvalue weighted by molar-refractivity contribution is 0.0700. The zero-order chi connectivity index (χ0) is 13.1. The molecule has 1 fully saturated rings. The molecule has 0 aromatic heterocycles. The second-order valence-electron chi connectivity index (χ2n) is 7.04. The standard InChI is InChI=1S/C15H32N2/c1-12(2)9-17(10-13(3)4)15(5,11-16)8-14-6-7-14/h12-14H,6-11,16H2,1-5H3. The SMILES string of the molecule is CC(C)CN(CC(C)C)C(C)(CN)CC1CC1. The molecule has 0 radical (unpaired) electrons. The maximum absolute atomic E-state index is 6.09. The average molecular weight is 240 g/mol. The first kappa shape index (κ1) is 15.0. The summed E-state index contributed by atoms with van der Waals surface area (Å²) in [6.07, 6.45) is 4.14. The van der Waals surface area contributed by atoms with Crippen molar-refractivity contribution in [2.24, 2.45) is 23.5 Å². The van der Waals surface area contributed by atoms with E-state index in [2.05, 4.69) is 39.5 Å². The van der Waals surface area contributed by atoms with Crippen LogP contribution in [-0.4, -0.2) is 30.1 Å². The van der Waals surface area contributed by atoms with E-state index in [0.717, 1.165) is 24.3 Å². The zero-order valence-electron chi connectivity index (χ0n) is 12.5. The van der Waals surface area contributed by atoms with Gasteiger partial charge < -0.3 is 5.73 Å². The Morgan fingerprint density at radius 3 is 1.88 bits per heavy atom. The molecular weight excluding hydrogens is 208 g/mol. The summed E-state index contributed by atoms with van der Waals surface area (Å²) >= 11 is 0. The summed E-state index contributed by atoms with van der Waals surface area (Å²) in [4.78, 5) is 2.65. The first-order chi connectivity index (χ1) is 7.87. The van der Waals surface area contributed by atoms with Crippen LogP contribution >= 0.6 is 0 Å². The minimum Gasteiger partial charge on any atom is -0.329 e. The van der Waals surface area contributed by atoms with E-state index in [4.69, 9.17) is 5.73 Å². The molecule has 102 valence electrons. The normalized spacial score (nSPS) is 20.3. The van der Waals surface area contributed by atoms with Crippen molar-refractivity contribution in [1.29, 1.82) is 0 Å². The fourth-order valence-corrected chi connectivity index (χ4v) is 2.68. The molecule has 0 heterocycles. The summed E-state index contributed by atoms with van der Waals surface area (Å²) in [5.74, 6) is 2.39. The van der Waals surface area contributed by atoms with Gasteiger partial charge in [-0.2, -0.15) is 0 Å². The van der Waals surface area contributed by atoms with Crippen molar-refractivity contribution >= 4 is 0 Å². The topological polar surface area (TPSA) is 29.3 Å². The Morgan fingerprint density at radius 2 is 1.59 bits per heavy atom. The molecule has 0 saturated heterocycles. The maximum atomic E-state index is 6.09. The lowest BCUT2D eigenvalue weighted by atomic mass is 9.90. The highest BCUT2D eigenvalue weighted by atomic mass is 15.2. The van der Waals surface area contributed by atoms with Crippen LogP contribution in [0, 0.1) is 17.8 Å². The number of hydrogen-bond donors (Lipinski definition) is 1. The van der Waals surface area contributed by atoms with Crippen molar-refractivity contribution in [2.45, 2.75) is 59.4 Å². The highest BCUT2D eigenvalue weighted by molar-refractivity contribution is 4.93. The van der Waals surface area contributed by atoms with Gasteiger partial charge in [-0.15, -0.1) is 0 Å². The minimum atomic E-state index is 0.218. The Bertz CT molecular complexity index is 211. The monoisotopic (exact) mass is 240 g/mol. The fourth-order valence-electron chi connectivity index (χ4n) is 2.68. The van der Waals surface area contributed by atoms with Crippen LogP contribution in [-0.2, 0) is 0 Å². The van der Waals surface area contributed by atoms with Crippen LogP contribution in [0.5, 0.6) is 0 Å². The quantitative estimate of drug-likeness (QED) is 0.706. The van der Waals surface area contributed by atoms with Crippen molar-refractivity contribution < 1.29 is 0 Å². The van der Waals surface area contributed by atoms with Gasteiger partial charge in [0.05, 0.1) is 0 Å². The Kier molecular flexibility index (Phi) is 5.46. The molecule has 0 aromatic rings. The molecule has 0 spiro atoms. The van der Waals surface area contributed by atoms with Crippen LogP contribution in [0.25, 0.3) is 0 Å². The Labute approximate surface area is 108 Å². The van der Waals surface area contributed by atoms with Crippen LogP contribution < -0.4 is 5.73 Å². The van der Waals surface area contributed by atoms with Crippen LogP contribution in [0.4, 0.5) is 0 Å². The Balaban J connectivity index is 2.67. The van der Waals surface area contributed by atoms with E-state index in [0.29, 0.717) is 0 Å². The van der Waals surface area contributed by atoms with E-state index in [-0.39, 0.29) is 5.54 Å². The van der Waals surface area contributed by atoms with Gasteiger partial charge >= 0.3 is 0 Å². The highest BCUT2D eigenvalue weighted by Gasteiger charge is 2.37. The molecule has 0 bridgehead atoms. The van der Waals surface area contributed by atoms with Crippen LogP contribution in [0.2, 0.25) is 0 Å². The summed E-state index contributed by atoms with van der Waals surface area (Å²) in [7, 11) is 0. The van der Waals surface area contributed by atoms with E-state index in [1.165, 1.54) is 32.4 Å². The van der Waals surface area contributed by atoms with Gasteiger partial charge in [-0.3, -0.25) is 4.90 Å². The number of rotatable bonds is 8. The number of nitrogens with two attached hydrogens (primary N) is 1. The molecule has 17 heavy (non-hydrogen) atoms. The first-order valence-corrected chi connectivity index (χ1v) is 7.32. The molecule has 1 rings (SSSR count). The molecule has 1 aliphatic carbocycles. The molecule has 0 aromatic carbocycles. The third-order valence-electron chi connectivity index (χ3n) is 3.80. The van der Waals surface area contributed by atoms with Crippen LogP contribution in [0.3, 0.4) is 0 Å². The molecule has 0 amide bonds. The van der Waals surface area contributed by atoms with Crippen molar-refractivity contribution in [3.8, 4) is 0 Å². The van der Waals surface area contributed by atoms with Gasteiger partial charge in [0.1, 0.15) is 0 Å². The summed E-state index contributed by atoms with van der Waals surface area (Å²) in [6, 6.07) is 0. The molecule has 2 nitrogen and oxygen atoms in total. The van der Waals surface area contributed by atoms with Crippen molar-refractivity contribution in [3.05, 3.63) is 0 Å². The summed E-state index contributed by atoms with van der Waals surface area (Å²) in [5, 5.41) is 0. The summed E-state index contributed by atoms with van der Waals surface area (Å²) < 4.78 is 0. The highest BCUT2D eigenvalue weighted by Crippen LogP contribution is 2.39. The molecule has 0 aliphatic heterocycles. The third-order valence-corrected chi connectivity index (χ3v) is 3.80. The molecule has 1 aliphatic rings. The van der Waals surface area contributed by atoms with Gasteiger partial charge in [-0.25, -0.2) is 0 Å². The maximum Gasteiger partial charge on any atom is 0.0306 e. The van der Waals surface area contributed by atoms with E-state index in [9.17, 15) is 0 Å². The van der Waals surface area contributed by atoms with Gasteiger partial charge in [0.2, 0.25) is 0 Å². The largest absolute Gasteiger partial charge is 0.329 e. The predicted molar refractivity (Wildman–Crippen MR) is 76.0 cm³/mol. The molecule has 1 atom stereocenters. The van der Waals surface area contributed by atoms with Crippen molar-refractivity contribution in [2.75, 3.05) is 19.6 Å². The van der Waals surface area contributed by atoms with Gasteiger partial charge in [-0.1, -0.05) is 40.5 Å². The average Bonchev–Trinajstić information content (AvgIpc) is 2.99. The molecule has 2 N–H and O–H groups in total. The summed E-state index contributed by atoms with van der Waals surface area (Å²) in [5.41, 5.74) is 6.31. The Morgan fingerprint density at radius 1 is 1.12 bits per heavy atom. The molecule has 2 heteroatoms. The Hall–Kier alpha value is -0.0800. The number of hydrogen-bond acceptors (Lipinski definition) is 2. The summed E-state index contributed by atoms with van der Waals surface area (Å²) in [6.45, 7) is 14.8. The zero-order valence-corrected chi connectivity index (χ0v) is 12.5. The minimum absolute atomic E-state index is 0.218. The van der Waals surface area contributed by atoms with Gasteiger partial charge in [0, 0.05) is 25.2 Å². The van der Waals surface area contributed by atoms with Gasteiger partial charge in [0.15, 0.2) is 0 Å². The second kappa shape index (κ2) is 6.19. The van der Waals surface area contributed by atoms with Crippen molar-refractivity contribution in [1.82, 2.24) is 4.90 Å². The fraction of sp³-hybridized carbons (Fsp3) is 1.00. The molecular formula is C15H32N2. The van der Waals surface area contributed by atoms with Gasteiger partial charge in [0.25, 0.3) is 0 Å². The van der Waals surface area contributed by atoms with Gasteiger partial charge in [-0.05, 0) is 31.1 Å². The van der Waals surface area contributed by atoms with E-state index < -0.39 is 0 Å². The first-order valence-electron chi connectivity index (χ1n) is 7.32. The van der Waals surface area contributed by atoms with Crippen LogP contribution in [0.15, 0.2) is 0 Å². The van der Waals surface area contributed by atoms with Crippen molar-refractivity contribution in [3.63, 3.8) is 0 Å². The predicted octanol–water partition coefficient (Wildman–Crippen LogP) is 3.12. The smallest absolute Gasteiger partial charge is 0.0306 e. The lowest BCUT2D eigenvalue weighted by Crippen LogP contribution is -2.54. The van der Waals surface area contributed by atoms with Crippen LogP contribution in [0.1, 0.15) is 53.9 Å². The van der Waals surface area contributed by atoms with E-state index in [1.54, 1.807) is 0 Å².